The van der Waals surface area contributed by atoms with E-state index in [1.807, 2.05) is 13.1 Å². The molecule has 0 fully saturated rings. The number of H-pyrrole nitrogens is 1. The number of hydrogen-bond acceptors (Lipinski definition) is 2. The standard InChI is InChI=1S/C15H15N3/c1-9-7-12-14(16-8-9)18-15(17-12)13-10(2)5-4-6-11(13)3/h4-8H,1-3H3,(H,16,17,18). The lowest BCUT2D eigenvalue weighted by atomic mass is 10.0. The Morgan fingerprint density at radius 3 is 2.50 bits per heavy atom. The maximum Gasteiger partial charge on any atom is 0.178 e. The lowest BCUT2D eigenvalue weighted by Crippen LogP contribution is -1.89. The van der Waals surface area contributed by atoms with Gasteiger partial charge in [-0.2, -0.15) is 0 Å². The molecular weight excluding hydrogens is 222 g/mol. The molecule has 0 amide bonds. The van der Waals surface area contributed by atoms with E-state index in [0.717, 1.165) is 22.6 Å². The zero-order valence-electron chi connectivity index (χ0n) is 10.8. The normalized spacial score (nSPS) is 11.1. The van der Waals surface area contributed by atoms with Crippen LogP contribution in [0.1, 0.15) is 16.7 Å². The highest BCUT2D eigenvalue weighted by atomic mass is 15.0. The van der Waals surface area contributed by atoms with Crippen LogP contribution in [0, 0.1) is 20.8 Å². The molecule has 0 unspecified atom stereocenters. The summed E-state index contributed by atoms with van der Waals surface area (Å²) < 4.78 is 0. The summed E-state index contributed by atoms with van der Waals surface area (Å²) in [5.74, 6) is 0.902. The molecule has 2 heterocycles. The molecule has 3 nitrogen and oxygen atoms in total. The summed E-state index contributed by atoms with van der Waals surface area (Å²) >= 11 is 0. The number of imidazole rings is 1. The Balaban J connectivity index is 2.26. The van der Waals surface area contributed by atoms with Crippen molar-refractivity contribution >= 4 is 11.2 Å². The van der Waals surface area contributed by atoms with Crippen LogP contribution in [-0.2, 0) is 0 Å². The number of pyridine rings is 1. The number of fused-ring (bicyclic) bond motifs is 1. The van der Waals surface area contributed by atoms with Gasteiger partial charge >= 0.3 is 0 Å². The summed E-state index contributed by atoms with van der Waals surface area (Å²) in [5.41, 5.74) is 6.54. The zero-order chi connectivity index (χ0) is 12.7. The van der Waals surface area contributed by atoms with Crippen LogP contribution in [0.4, 0.5) is 0 Å². The summed E-state index contributed by atoms with van der Waals surface area (Å²) in [4.78, 5) is 12.3. The third-order valence-electron chi connectivity index (χ3n) is 3.19. The molecule has 0 radical (unpaired) electrons. The van der Waals surface area contributed by atoms with Crippen molar-refractivity contribution in [2.24, 2.45) is 0 Å². The molecule has 1 N–H and O–H groups in total. The number of nitrogens with zero attached hydrogens (tertiary/aromatic N) is 2. The van der Waals surface area contributed by atoms with E-state index in [2.05, 4.69) is 53.1 Å². The predicted molar refractivity (Wildman–Crippen MR) is 73.5 cm³/mol. The first-order chi connectivity index (χ1) is 8.65. The summed E-state index contributed by atoms with van der Waals surface area (Å²) in [5, 5.41) is 0. The van der Waals surface area contributed by atoms with E-state index in [1.54, 1.807) is 0 Å². The van der Waals surface area contributed by atoms with Crippen LogP contribution in [-0.4, -0.2) is 15.0 Å². The van der Waals surface area contributed by atoms with E-state index in [4.69, 9.17) is 0 Å². The van der Waals surface area contributed by atoms with Gasteiger partial charge < -0.3 is 4.98 Å². The van der Waals surface area contributed by atoms with Gasteiger partial charge in [-0.15, -0.1) is 0 Å². The molecule has 2 aromatic heterocycles. The topological polar surface area (TPSA) is 41.6 Å². The monoisotopic (exact) mass is 237 g/mol. The highest BCUT2D eigenvalue weighted by Gasteiger charge is 2.10. The average Bonchev–Trinajstić information content (AvgIpc) is 2.71. The van der Waals surface area contributed by atoms with E-state index in [-0.39, 0.29) is 0 Å². The van der Waals surface area contributed by atoms with Gasteiger partial charge in [0.1, 0.15) is 5.82 Å². The molecule has 90 valence electrons. The van der Waals surface area contributed by atoms with Crippen molar-refractivity contribution in [2.45, 2.75) is 20.8 Å². The quantitative estimate of drug-likeness (QED) is 0.703. The minimum absolute atomic E-state index is 0.776. The van der Waals surface area contributed by atoms with Crippen LogP contribution in [0.2, 0.25) is 0 Å². The molecule has 0 aliphatic rings. The lowest BCUT2D eigenvalue weighted by molar-refractivity contribution is 1.25. The molecule has 1 aromatic carbocycles. The van der Waals surface area contributed by atoms with Crippen molar-refractivity contribution in [3.63, 3.8) is 0 Å². The highest BCUT2D eigenvalue weighted by molar-refractivity contribution is 5.78. The maximum atomic E-state index is 4.58. The second-order valence-electron chi connectivity index (χ2n) is 4.74. The van der Waals surface area contributed by atoms with Gasteiger partial charge in [-0.3, -0.25) is 0 Å². The second-order valence-corrected chi connectivity index (χ2v) is 4.74. The average molecular weight is 237 g/mol. The highest BCUT2D eigenvalue weighted by Crippen LogP contribution is 2.26. The number of nitrogens with one attached hydrogen (secondary N) is 1. The largest absolute Gasteiger partial charge is 0.337 e. The molecule has 3 heteroatoms. The summed E-state index contributed by atoms with van der Waals surface area (Å²) in [7, 11) is 0. The SMILES string of the molecule is Cc1cnc2nc(-c3c(C)cccc3C)[nH]c2c1. The molecule has 0 spiro atoms. The molecule has 0 aliphatic heterocycles. The second kappa shape index (κ2) is 3.95. The van der Waals surface area contributed by atoms with Crippen molar-refractivity contribution in [1.29, 1.82) is 0 Å². The van der Waals surface area contributed by atoms with Gasteiger partial charge in [0.05, 0.1) is 5.52 Å². The number of rotatable bonds is 1. The van der Waals surface area contributed by atoms with Crippen molar-refractivity contribution in [2.75, 3.05) is 0 Å². The first-order valence-electron chi connectivity index (χ1n) is 6.04. The van der Waals surface area contributed by atoms with Crippen molar-refractivity contribution in [3.05, 3.63) is 47.2 Å². The Hall–Kier alpha value is -2.16. The summed E-state index contributed by atoms with van der Waals surface area (Å²) in [6, 6.07) is 8.36. The van der Waals surface area contributed by atoms with Gasteiger partial charge in [-0.1, -0.05) is 18.2 Å². The third kappa shape index (κ3) is 1.68. The fraction of sp³-hybridized carbons (Fsp3) is 0.200. The molecule has 3 aromatic rings. The molecule has 18 heavy (non-hydrogen) atoms. The maximum absolute atomic E-state index is 4.58. The van der Waals surface area contributed by atoms with Gasteiger partial charge in [0.15, 0.2) is 5.65 Å². The predicted octanol–water partition coefficient (Wildman–Crippen LogP) is 3.55. The van der Waals surface area contributed by atoms with E-state index in [9.17, 15) is 0 Å². The third-order valence-corrected chi connectivity index (χ3v) is 3.19. The van der Waals surface area contributed by atoms with Crippen molar-refractivity contribution in [1.82, 2.24) is 15.0 Å². The van der Waals surface area contributed by atoms with Crippen molar-refractivity contribution < 1.29 is 0 Å². The van der Waals surface area contributed by atoms with Crippen LogP contribution in [0.15, 0.2) is 30.5 Å². The number of benzene rings is 1. The Kier molecular flexibility index (Phi) is 2.40. The van der Waals surface area contributed by atoms with Gasteiger partial charge in [-0.25, -0.2) is 9.97 Å². The molecular formula is C15H15N3. The molecule has 3 rings (SSSR count). The van der Waals surface area contributed by atoms with Gasteiger partial charge in [0.25, 0.3) is 0 Å². The fourth-order valence-electron chi connectivity index (χ4n) is 2.31. The number of aromatic amines is 1. The molecule has 0 atom stereocenters. The van der Waals surface area contributed by atoms with Crippen molar-refractivity contribution in [3.8, 4) is 11.4 Å². The first kappa shape index (κ1) is 11.0. The van der Waals surface area contributed by atoms with E-state index < -0.39 is 0 Å². The zero-order valence-corrected chi connectivity index (χ0v) is 10.8. The van der Waals surface area contributed by atoms with Crippen LogP contribution < -0.4 is 0 Å². The van der Waals surface area contributed by atoms with Crippen LogP contribution in [0.3, 0.4) is 0 Å². The van der Waals surface area contributed by atoms with Gasteiger partial charge in [-0.05, 0) is 43.5 Å². The lowest BCUT2D eigenvalue weighted by Gasteiger charge is -2.05. The van der Waals surface area contributed by atoms with Crippen LogP contribution >= 0.6 is 0 Å². The summed E-state index contributed by atoms with van der Waals surface area (Å²) in [6.45, 7) is 6.24. The Bertz CT molecular complexity index is 705. The number of aromatic nitrogens is 3. The minimum Gasteiger partial charge on any atom is -0.337 e. The molecule has 0 aliphatic carbocycles. The number of hydrogen-bond donors (Lipinski definition) is 1. The summed E-state index contributed by atoms with van der Waals surface area (Å²) in [6.07, 6.45) is 1.84. The van der Waals surface area contributed by atoms with Crippen LogP contribution in [0.25, 0.3) is 22.6 Å². The smallest absolute Gasteiger partial charge is 0.178 e. The Morgan fingerprint density at radius 2 is 1.78 bits per heavy atom. The van der Waals surface area contributed by atoms with E-state index in [1.165, 1.54) is 16.7 Å². The number of aryl methyl sites for hydroxylation is 3. The Labute approximate surface area is 106 Å². The van der Waals surface area contributed by atoms with Gasteiger partial charge in [0.2, 0.25) is 0 Å². The first-order valence-corrected chi connectivity index (χ1v) is 6.04. The molecule has 0 saturated carbocycles. The Morgan fingerprint density at radius 1 is 1.06 bits per heavy atom. The van der Waals surface area contributed by atoms with Gasteiger partial charge in [0, 0.05) is 11.8 Å². The van der Waals surface area contributed by atoms with Crippen LogP contribution in [0.5, 0.6) is 0 Å². The fourth-order valence-corrected chi connectivity index (χ4v) is 2.31. The van der Waals surface area contributed by atoms with E-state index in [0.29, 0.717) is 0 Å². The molecule has 0 saturated heterocycles. The van der Waals surface area contributed by atoms with E-state index >= 15 is 0 Å². The molecule has 0 bridgehead atoms. The minimum atomic E-state index is 0.776.